The second-order valence-corrected chi connectivity index (χ2v) is 11.1. The van der Waals surface area contributed by atoms with Crippen LogP contribution in [0.5, 0.6) is 0 Å². The van der Waals surface area contributed by atoms with Crippen molar-refractivity contribution in [3.8, 4) is 0 Å². The molecular formula is C19H39N5O3S. The topological polar surface area (TPSA) is 103 Å². The van der Waals surface area contributed by atoms with Gasteiger partial charge in [-0.3, -0.25) is 14.7 Å². The number of nitrogens with zero attached hydrogens (tertiary/aromatic N) is 2. The van der Waals surface area contributed by atoms with Crippen molar-refractivity contribution in [1.29, 1.82) is 0 Å². The number of likely N-dealkylation sites (tertiary alicyclic amines) is 1. The molecule has 0 aromatic carbocycles. The highest BCUT2D eigenvalue weighted by molar-refractivity contribution is 7.92. The van der Waals surface area contributed by atoms with Crippen molar-refractivity contribution in [1.82, 2.24) is 20.9 Å². The smallest absolute Gasteiger partial charge is 0.234 e. The molecule has 0 aliphatic carbocycles. The second-order valence-electron chi connectivity index (χ2n) is 8.24. The fourth-order valence-corrected chi connectivity index (χ4v) is 3.80. The summed E-state index contributed by atoms with van der Waals surface area (Å²) < 4.78 is 23.7. The first-order valence-electron chi connectivity index (χ1n) is 10.3. The third-order valence-electron chi connectivity index (χ3n) is 4.77. The summed E-state index contributed by atoms with van der Waals surface area (Å²) in [5, 5.41) is 9.51. The Kier molecular flexibility index (Phi) is 10.2. The van der Waals surface area contributed by atoms with Gasteiger partial charge in [-0.15, -0.1) is 0 Å². The normalized spacial score (nSPS) is 17.4. The fourth-order valence-electron chi connectivity index (χ4n) is 2.86. The maximum atomic E-state index is 12.2. The number of piperidine rings is 1. The van der Waals surface area contributed by atoms with Crippen LogP contribution in [0.4, 0.5) is 0 Å². The zero-order valence-corrected chi connectivity index (χ0v) is 19.0. The van der Waals surface area contributed by atoms with Gasteiger partial charge in [-0.2, -0.15) is 0 Å². The van der Waals surface area contributed by atoms with Crippen LogP contribution in [0.1, 0.15) is 53.9 Å². The predicted octanol–water partition coefficient (Wildman–Crippen LogP) is 0.745. The van der Waals surface area contributed by atoms with Gasteiger partial charge in [-0.25, -0.2) is 8.42 Å². The lowest BCUT2D eigenvalue weighted by atomic mass is 10.1. The van der Waals surface area contributed by atoms with Gasteiger partial charge in [0.25, 0.3) is 0 Å². The molecule has 1 saturated heterocycles. The summed E-state index contributed by atoms with van der Waals surface area (Å²) in [5.41, 5.74) is 0. The Balaban J connectivity index is 2.47. The largest absolute Gasteiger partial charge is 0.357 e. The van der Waals surface area contributed by atoms with Crippen LogP contribution in [0.15, 0.2) is 4.99 Å². The number of sulfone groups is 1. The number of nitrogens with one attached hydrogen (secondary N) is 3. The van der Waals surface area contributed by atoms with Crippen molar-refractivity contribution in [2.24, 2.45) is 4.99 Å². The maximum absolute atomic E-state index is 12.2. The van der Waals surface area contributed by atoms with Crippen molar-refractivity contribution < 1.29 is 13.2 Å². The molecule has 164 valence electrons. The number of hydrogen-bond donors (Lipinski definition) is 3. The first-order valence-corrected chi connectivity index (χ1v) is 12.0. The minimum atomic E-state index is -3.17. The summed E-state index contributed by atoms with van der Waals surface area (Å²) in [4.78, 5) is 18.5. The SMILES string of the molecule is CCCNC(=O)CN1CCC(NC(=NCCS(=O)(=O)C(C)(C)C)NCC)CC1. The zero-order chi connectivity index (χ0) is 21.2. The summed E-state index contributed by atoms with van der Waals surface area (Å²) in [6, 6.07) is 0.270. The van der Waals surface area contributed by atoms with Gasteiger partial charge in [-0.1, -0.05) is 6.92 Å². The molecule has 0 unspecified atom stereocenters. The molecule has 0 bridgehead atoms. The van der Waals surface area contributed by atoms with Crippen LogP contribution in [0.2, 0.25) is 0 Å². The summed E-state index contributed by atoms with van der Waals surface area (Å²) in [5.74, 6) is 0.784. The fraction of sp³-hybridized carbons (Fsp3) is 0.895. The number of carbonyl (C=O) groups is 1. The van der Waals surface area contributed by atoms with Crippen molar-refractivity contribution in [3.63, 3.8) is 0 Å². The van der Waals surface area contributed by atoms with Crippen molar-refractivity contribution >= 4 is 21.7 Å². The van der Waals surface area contributed by atoms with E-state index in [0.29, 0.717) is 19.0 Å². The molecular weight excluding hydrogens is 378 g/mol. The Labute approximate surface area is 170 Å². The van der Waals surface area contributed by atoms with Crippen molar-refractivity contribution in [3.05, 3.63) is 0 Å². The average molecular weight is 418 g/mol. The minimum Gasteiger partial charge on any atom is -0.357 e. The van der Waals surface area contributed by atoms with Crippen LogP contribution >= 0.6 is 0 Å². The van der Waals surface area contributed by atoms with E-state index < -0.39 is 14.6 Å². The Morgan fingerprint density at radius 3 is 2.32 bits per heavy atom. The van der Waals surface area contributed by atoms with E-state index in [-0.39, 0.29) is 24.2 Å². The molecule has 8 nitrogen and oxygen atoms in total. The molecule has 1 amide bonds. The van der Waals surface area contributed by atoms with Crippen molar-refractivity contribution in [2.45, 2.75) is 64.7 Å². The van der Waals surface area contributed by atoms with Gasteiger partial charge in [0.1, 0.15) is 0 Å². The van der Waals surface area contributed by atoms with E-state index in [0.717, 1.165) is 38.9 Å². The van der Waals surface area contributed by atoms with E-state index in [9.17, 15) is 13.2 Å². The maximum Gasteiger partial charge on any atom is 0.234 e. The van der Waals surface area contributed by atoms with E-state index in [4.69, 9.17) is 0 Å². The zero-order valence-electron chi connectivity index (χ0n) is 18.2. The Morgan fingerprint density at radius 2 is 1.79 bits per heavy atom. The molecule has 0 aromatic heterocycles. The average Bonchev–Trinajstić information content (AvgIpc) is 2.60. The van der Waals surface area contributed by atoms with E-state index in [1.165, 1.54) is 0 Å². The van der Waals surface area contributed by atoms with Crippen LogP contribution < -0.4 is 16.0 Å². The van der Waals surface area contributed by atoms with Gasteiger partial charge in [0, 0.05) is 32.2 Å². The van der Waals surface area contributed by atoms with Gasteiger partial charge in [0.15, 0.2) is 15.8 Å². The lowest BCUT2D eigenvalue weighted by Gasteiger charge is -2.32. The number of guanidine groups is 1. The number of hydrogen-bond acceptors (Lipinski definition) is 5. The van der Waals surface area contributed by atoms with Gasteiger partial charge in [0.2, 0.25) is 5.91 Å². The summed E-state index contributed by atoms with van der Waals surface area (Å²) in [6.45, 7) is 13.0. The Hall–Kier alpha value is -1.35. The first kappa shape index (κ1) is 24.7. The van der Waals surface area contributed by atoms with E-state index in [1.54, 1.807) is 20.8 Å². The van der Waals surface area contributed by atoms with Crippen LogP contribution in [0.25, 0.3) is 0 Å². The standard InChI is InChI=1S/C19H39N5O3S/c1-6-10-21-17(25)15-24-12-8-16(9-13-24)23-18(20-7-2)22-11-14-28(26,27)19(3,4)5/h16H,6-15H2,1-5H3,(H,21,25)(H2,20,22,23). The lowest BCUT2D eigenvalue weighted by Crippen LogP contribution is -2.50. The molecule has 0 radical (unpaired) electrons. The molecule has 1 fully saturated rings. The number of rotatable bonds is 9. The highest BCUT2D eigenvalue weighted by Crippen LogP contribution is 2.15. The Bertz CT molecular complexity index is 606. The molecule has 9 heteroatoms. The van der Waals surface area contributed by atoms with Gasteiger partial charge < -0.3 is 16.0 Å². The number of carbonyl (C=O) groups excluding carboxylic acids is 1. The van der Waals surface area contributed by atoms with E-state index >= 15 is 0 Å². The molecule has 0 spiro atoms. The third-order valence-corrected chi connectivity index (χ3v) is 7.36. The molecule has 0 saturated carbocycles. The van der Waals surface area contributed by atoms with Gasteiger partial charge >= 0.3 is 0 Å². The van der Waals surface area contributed by atoms with Gasteiger partial charge in [-0.05, 0) is 47.0 Å². The summed E-state index contributed by atoms with van der Waals surface area (Å²) in [6.07, 6.45) is 2.79. The number of aliphatic imine (C=N–C) groups is 1. The first-order chi connectivity index (χ1) is 13.1. The molecule has 0 aromatic rings. The van der Waals surface area contributed by atoms with Crippen LogP contribution in [-0.4, -0.2) is 81.0 Å². The third kappa shape index (κ3) is 8.77. The molecule has 28 heavy (non-hydrogen) atoms. The molecule has 1 rings (SSSR count). The molecule has 1 aliphatic rings. The molecule has 0 atom stereocenters. The monoisotopic (exact) mass is 417 g/mol. The molecule has 1 aliphatic heterocycles. The highest BCUT2D eigenvalue weighted by atomic mass is 32.2. The van der Waals surface area contributed by atoms with E-state index in [1.807, 2.05) is 13.8 Å². The Morgan fingerprint density at radius 1 is 1.14 bits per heavy atom. The highest BCUT2D eigenvalue weighted by Gasteiger charge is 2.28. The van der Waals surface area contributed by atoms with Crippen molar-refractivity contribution in [2.75, 3.05) is 45.0 Å². The number of amides is 1. The van der Waals surface area contributed by atoms with Gasteiger partial charge in [0.05, 0.1) is 23.6 Å². The molecule has 1 heterocycles. The quantitative estimate of drug-likeness (QED) is 0.378. The van der Waals surface area contributed by atoms with Crippen LogP contribution in [0, 0.1) is 0 Å². The van der Waals surface area contributed by atoms with E-state index in [2.05, 4.69) is 25.8 Å². The molecule has 3 N–H and O–H groups in total. The summed E-state index contributed by atoms with van der Waals surface area (Å²) in [7, 11) is -3.17. The lowest BCUT2D eigenvalue weighted by molar-refractivity contribution is -0.122. The van der Waals surface area contributed by atoms with Crippen LogP contribution in [-0.2, 0) is 14.6 Å². The minimum absolute atomic E-state index is 0.0401. The van der Waals surface area contributed by atoms with Crippen LogP contribution in [0.3, 0.4) is 0 Å². The second kappa shape index (κ2) is 11.6. The predicted molar refractivity (Wildman–Crippen MR) is 115 cm³/mol. The summed E-state index contributed by atoms with van der Waals surface area (Å²) >= 11 is 0.